The molecule has 15 fully saturated rings. The van der Waals surface area contributed by atoms with E-state index in [0.29, 0.717) is 73.2 Å². The Morgan fingerprint density at radius 1 is 0.494 bits per heavy atom. The average molecular weight is 1160 g/mol. The molecule has 0 aromatic rings. The molecule has 0 spiro atoms. The number of esters is 9. The summed E-state index contributed by atoms with van der Waals surface area (Å²) in [5, 5.41) is 31.5. The highest BCUT2D eigenvalue weighted by atomic mass is 16.6. The lowest BCUT2D eigenvalue weighted by Gasteiger charge is -2.62. The third kappa shape index (κ3) is 13.1. The van der Waals surface area contributed by atoms with Crippen molar-refractivity contribution in [2.24, 2.45) is 53.3 Å². The maximum Gasteiger partial charge on any atom is 0.347 e. The van der Waals surface area contributed by atoms with Gasteiger partial charge in [-0.1, -0.05) is 32.9 Å². The van der Waals surface area contributed by atoms with Gasteiger partial charge in [-0.15, -0.1) is 0 Å². The van der Waals surface area contributed by atoms with Crippen LogP contribution in [0, 0.1) is 53.3 Å². The highest BCUT2D eigenvalue weighted by Crippen LogP contribution is 2.62. The average Bonchev–Trinajstić information content (AvgIpc) is 2.56. The standard InChI is InChI=1S/C14H16O6.C14H20O4.C14H20O3.C12H14O4.C8H10O4/c1-6(2)13(16)18-5-10(15)19-11-7-3-8-9(4-7)14(17)20-12(8)11;1-9(2)11(15)18-14-5-10-3-12(16,7-14)6-13(17,4-10)8-14;1-9(2)12(15)17-14-6-10-3-11(7-14)5-13(16,4-10)8-14;1-5(2)11(13)15-9-6-3-7-8(4-6)12(14)16-10(7)9;1-5(2)7(9)12-6-3-4-11-8(6)10/h7-9,11-12H,1,3-5H2,2H3;10,16-17H,1,3-8H2,2H3;10-11,16H,1,3-8H2,2H3;6-10H,1,3-4H2,2H3;6H,1,3-4H2,2H3. The van der Waals surface area contributed by atoms with Gasteiger partial charge in [0, 0.05) is 83.6 Å². The van der Waals surface area contributed by atoms with Gasteiger partial charge < -0.3 is 58.0 Å². The molecule has 3 aliphatic heterocycles. The molecule has 0 aromatic heterocycles. The molecule has 3 saturated heterocycles. The Morgan fingerprint density at radius 3 is 1.37 bits per heavy atom. The van der Waals surface area contributed by atoms with Gasteiger partial charge in [0.25, 0.3) is 0 Å². The van der Waals surface area contributed by atoms with Crippen molar-refractivity contribution in [1.82, 2.24) is 0 Å². The zero-order valence-corrected chi connectivity index (χ0v) is 48.2. The molecule has 15 unspecified atom stereocenters. The number of hydrogen-bond acceptors (Lipinski definition) is 21. The molecule has 0 amide bonds. The highest BCUT2D eigenvalue weighted by Gasteiger charge is 2.66. The predicted octanol–water partition coefficient (Wildman–Crippen LogP) is 5.57. The molecule has 0 radical (unpaired) electrons. The lowest BCUT2D eigenvalue weighted by molar-refractivity contribution is -0.260. The first-order valence-corrected chi connectivity index (χ1v) is 29.1. The summed E-state index contributed by atoms with van der Waals surface area (Å²) in [5.41, 5.74) is -1.64. The summed E-state index contributed by atoms with van der Waals surface area (Å²) in [6.07, 6.45) is 11.0. The molecule has 15 atom stereocenters. The number of carbonyl (C=O) groups excluding carboxylic acids is 9. The molecule has 83 heavy (non-hydrogen) atoms. The minimum absolute atomic E-state index is 0.0128. The minimum atomic E-state index is -0.858. The van der Waals surface area contributed by atoms with Crippen LogP contribution in [0.15, 0.2) is 60.8 Å². The number of cyclic esters (lactones) is 1. The second-order valence-electron chi connectivity index (χ2n) is 26.7. The summed E-state index contributed by atoms with van der Waals surface area (Å²) < 4.78 is 46.6. The lowest BCUT2D eigenvalue weighted by Crippen LogP contribution is -2.66. The Hall–Kier alpha value is -6.19. The highest BCUT2D eigenvalue weighted by molar-refractivity contribution is 5.90. The molecule has 15 aliphatic rings. The summed E-state index contributed by atoms with van der Waals surface area (Å²) in [6.45, 7) is 25.4. The van der Waals surface area contributed by atoms with Crippen LogP contribution < -0.4 is 0 Å². The number of carbonyl (C=O) groups is 9. The minimum Gasteiger partial charge on any atom is -0.463 e. The zero-order valence-electron chi connectivity index (χ0n) is 48.2. The fourth-order valence-corrected chi connectivity index (χ4v) is 16.8. The van der Waals surface area contributed by atoms with Crippen LogP contribution in [0.1, 0.15) is 144 Å². The summed E-state index contributed by atoms with van der Waals surface area (Å²) >= 11 is 0. The van der Waals surface area contributed by atoms with E-state index < -0.39 is 76.7 Å². The van der Waals surface area contributed by atoms with Crippen molar-refractivity contribution in [3.63, 3.8) is 0 Å². The molecule has 12 aliphatic carbocycles. The monoisotopic (exact) mass is 1160 g/mol. The van der Waals surface area contributed by atoms with Crippen molar-refractivity contribution in [2.75, 3.05) is 13.2 Å². The summed E-state index contributed by atoms with van der Waals surface area (Å²) in [7, 11) is 0. The van der Waals surface area contributed by atoms with E-state index in [4.69, 9.17) is 37.9 Å². The SMILES string of the molecule is C=C(C)C(=O)OC12CC3CC(CC(O)(C3)C1)C2.C=C(C)C(=O)OC12CC3CC(O)(CC(O)(C3)C1)C2.C=C(C)C(=O)OC1C2CC3C(=O)OC1C3C2.C=C(C)C(=O)OC1CCOC1=O.C=C(C)C(=O)OCC(=O)OC1C2CC3C(=O)OC1C3C2. The molecular weight excluding hydrogens is 1080 g/mol. The summed E-state index contributed by atoms with van der Waals surface area (Å²) in [6, 6.07) is 0. The van der Waals surface area contributed by atoms with Crippen LogP contribution >= 0.6 is 0 Å². The number of rotatable bonds is 12. The summed E-state index contributed by atoms with van der Waals surface area (Å²) in [5.74, 6) is -1.27. The Bertz CT molecular complexity index is 2740. The van der Waals surface area contributed by atoms with Gasteiger partial charge in [-0.2, -0.15) is 0 Å². The van der Waals surface area contributed by atoms with Crippen molar-refractivity contribution in [1.29, 1.82) is 0 Å². The van der Waals surface area contributed by atoms with E-state index in [1.54, 1.807) is 20.8 Å². The smallest absolute Gasteiger partial charge is 0.347 e. The van der Waals surface area contributed by atoms with Gasteiger partial charge in [0.2, 0.25) is 6.10 Å². The van der Waals surface area contributed by atoms with Crippen LogP contribution in [-0.2, 0) is 85.8 Å². The Labute approximate surface area is 482 Å². The fourth-order valence-electron chi connectivity index (χ4n) is 16.8. The molecule has 3 N–H and O–H groups in total. The number of fused-ring (bicyclic) bond motifs is 2. The first-order valence-electron chi connectivity index (χ1n) is 29.1. The van der Waals surface area contributed by atoms with Crippen LogP contribution in [0.2, 0.25) is 0 Å². The van der Waals surface area contributed by atoms with Crippen LogP contribution in [0.3, 0.4) is 0 Å². The van der Waals surface area contributed by atoms with Crippen molar-refractivity contribution in [3.05, 3.63) is 60.8 Å². The van der Waals surface area contributed by atoms with Crippen molar-refractivity contribution < 1.29 is 101 Å². The van der Waals surface area contributed by atoms with Crippen molar-refractivity contribution in [3.8, 4) is 0 Å². The quantitative estimate of drug-likeness (QED) is 0.122. The van der Waals surface area contributed by atoms with E-state index in [1.165, 1.54) is 20.3 Å². The van der Waals surface area contributed by atoms with Crippen molar-refractivity contribution >= 4 is 53.7 Å². The molecule has 0 aromatic carbocycles. The van der Waals surface area contributed by atoms with Gasteiger partial charge in [-0.05, 0) is 129 Å². The van der Waals surface area contributed by atoms with Crippen LogP contribution in [0.4, 0.5) is 0 Å². The molecule has 12 bridgehead atoms. The van der Waals surface area contributed by atoms with Crippen LogP contribution in [0.25, 0.3) is 0 Å². The van der Waals surface area contributed by atoms with E-state index in [9.17, 15) is 58.5 Å². The van der Waals surface area contributed by atoms with E-state index in [1.807, 2.05) is 0 Å². The summed E-state index contributed by atoms with van der Waals surface area (Å²) in [4.78, 5) is 103. The molecular formula is C62H80O21. The van der Waals surface area contributed by atoms with E-state index in [0.717, 1.165) is 70.6 Å². The van der Waals surface area contributed by atoms with E-state index in [-0.39, 0.29) is 88.8 Å². The van der Waals surface area contributed by atoms with Gasteiger partial charge in [0.1, 0.15) is 35.6 Å². The Balaban J connectivity index is 0.000000126. The van der Waals surface area contributed by atoms with Gasteiger partial charge in [-0.3, -0.25) is 9.59 Å². The van der Waals surface area contributed by atoms with E-state index >= 15 is 0 Å². The normalized spacial score (nSPS) is 40.6. The topological polar surface area (TPSA) is 297 Å². The number of hydrogen-bond donors (Lipinski definition) is 3. The largest absolute Gasteiger partial charge is 0.463 e. The van der Waals surface area contributed by atoms with Gasteiger partial charge >= 0.3 is 53.7 Å². The third-order valence-corrected chi connectivity index (χ3v) is 19.1. The lowest BCUT2D eigenvalue weighted by atomic mass is 9.50. The second kappa shape index (κ2) is 23.0. The molecule has 21 heteroatoms. The van der Waals surface area contributed by atoms with Crippen LogP contribution in [0.5, 0.6) is 0 Å². The molecule has 3 heterocycles. The molecule has 21 nitrogen and oxygen atoms in total. The Kier molecular flexibility index (Phi) is 17.0. The molecule has 12 saturated carbocycles. The molecule has 15 rings (SSSR count). The maximum absolute atomic E-state index is 11.8. The zero-order chi connectivity index (χ0) is 60.5. The van der Waals surface area contributed by atoms with Gasteiger partial charge in [0.05, 0.1) is 35.2 Å². The fraction of sp³-hybridized carbons (Fsp3) is 0.694. The van der Waals surface area contributed by atoms with E-state index in [2.05, 4.69) is 37.6 Å². The van der Waals surface area contributed by atoms with Gasteiger partial charge in [-0.25, -0.2) is 33.6 Å². The van der Waals surface area contributed by atoms with Crippen LogP contribution in [-0.4, -0.2) is 141 Å². The first-order chi connectivity index (χ1) is 38.8. The first kappa shape index (κ1) is 61.4. The maximum atomic E-state index is 11.8. The molecule has 454 valence electrons. The predicted molar refractivity (Wildman–Crippen MR) is 288 cm³/mol. The number of ether oxygens (including phenoxy) is 9. The van der Waals surface area contributed by atoms with Gasteiger partial charge in [0.15, 0.2) is 6.61 Å². The second-order valence-corrected chi connectivity index (χ2v) is 26.7. The number of aliphatic hydroxyl groups is 3. The Morgan fingerprint density at radius 2 is 0.928 bits per heavy atom. The van der Waals surface area contributed by atoms with Crippen molar-refractivity contribution in [2.45, 2.75) is 202 Å². The third-order valence-electron chi connectivity index (χ3n) is 19.1.